The largest absolute Gasteiger partial charge is 0.489 e. The Hall–Kier alpha value is -4.45. The van der Waals surface area contributed by atoms with Crippen LogP contribution in [0.4, 0.5) is 17.2 Å². The molecule has 0 aliphatic rings. The van der Waals surface area contributed by atoms with Gasteiger partial charge in [-0.15, -0.1) is 0 Å². The maximum absolute atomic E-state index is 12.6. The van der Waals surface area contributed by atoms with E-state index in [1.807, 2.05) is 85.8 Å². The van der Waals surface area contributed by atoms with Gasteiger partial charge < -0.3 is 15.4 Å². The van der Waals surface area contributed by atoms with E-state index in [1.54, 1.807) is 6.08 Å². The van der Waals surface area contributed by atoms with E-state index in [9.17, 15) is 4.79 Å². The van der Waals surface area contributed by atoms with Crippen LogP contribution in [0.1, 0.15) is 29.3 Å². The molecule has 1 heterocycles. The maximum atomic E-state index is 12.6. The van der Waals surface area contributed by atoms with Gasteiger partial charge in [0.25, 0.3) is 0 Å². The molecule has 0 aliphatic carbocycles. The highest BCUT2D eigenvalue weighted by Gasteiger charge is 2.07. The number of anilines is 3. The summed E-state index contributed by atoms with van der Waals surface area (Å²) in [5, 5.41) is 6.26. The van der Waals surface area contributed by atoms with E-state index < -0.39 is 0 Å². The molecule has 0 unspecified atom stereocenters. The van der Waals surface area contributed by atoms with Crippen molar-refractivity contribution in [3.05, 3.63) is 114 Å². The lowest BCUT2D eigenvalue weighted by atomic mass is 10.1. The van der Waals surface area contributed by atoms with Gasteiger partial charge in [0, 0.05) is 29.2 Å². The summed E-state index contributed by atoms with van der Waals surface area (Å²) >= 11 is 0. The summed E-state index contributed by atoms with van der Waals surface area (Å²) in [6.45, 7) is 4.49. The van der Waals surface area contributed by atoms with Gasteiger partial charge >= 0.3 is 0 Å². The zero-order valence-electron chi connectivity index (χ0n) is 19.9. The molecule has 1 aromatic heterocycles. The topological polar surface area (TPSA) is 76.1 Å². The molecular weight excluding hydrogens is 436 g/mol. The van der Waals surface area contributed by atoms with Crippen LogP contribution >= 0.6 is 0 Å². The summed E-state index contributed by atoms with van der Waals surface area (Å²) in [6.07, 6.45) is 5.64. The third-order valence-corrected chi connectivity index (χ3v) is 5.38. The first-order valence-electron chi connectivity index (χ1n) is 11.5. The predicted molar refractivity (Wildman–Crippen MR) is 141 cm³/mol. The molecular formula is C29H28N4O2. The van der Waals surface area contributed by atoms with Crippen LogP contribution in [0, 0.1) is 6.92 Å². The van der Waals surface area contributed by atoms with Gasteiger partial charge in [0.15, 0.2) is 0 Å². The third-order valence-electron chi connectivity index (χ3n) is 5.38. The Morgan fingerprint density at radius 3 is 2.51 bits per heavy atom. The van der Waals surface area contributed by atoms with Crippen LogP contribution in [0.2, 0.25) is 0 Å². The number of amides is 1. The maximum Gasteiger partial charge on any atom is 0.248 e. The second kappa shape index (κ2) is 11.6. The summed E-state index contributed by atoms with van der Waals surface area (Å²) in [5.74, 6) is 1.29. The number of benzene rings is 3. The number of carbonyl (C=O) groups excluding carboxylic acids is 1. The van der Waals surface area contributed by atoms with Crippen LogP contribution < -0.4 is 15.4 Å². The lowest BCUT2D eigenvalue weighted by molar-refractivity contribution is -0.111. The Balaban J connectivity index is 1.36. The van der Waals surface area contributed by atoms with Gasteiger partial charge in [-0.3, -0.25) is 4.79 Å². The molecule has 35 heavy (non-hydrogen) atoms. The fourth-order valence-electron chi connectivity index (χ4n) is 3.51. The number of hydrogen-bond acceptors (Lipinski definition) is 5. The number of aromatic nitrogens is 2. The quantitative estimate of drug-likeness (QED) is 0.283. The zero-order chi connectivity index (χ0) is 24.5. The molecule has 2 N–H and O–H groups in total. The molecule has 0 spiro atoms. The molecule has 0 atom stereocenters. The Kier molecular flexibility index (Phi) is 7.86. The molecule has 6 heteroatoms. The molecule has 1 amide bonds. The van der Waals surface area contributed by atoms with Crippen LogP contribution in [0.25, 0.3) is 6.08 Å². The first kappa shape index (κ1) is 23.7. The van der Waals surface area contributed by atoms with E-state index in [1.165, 1.54) is 12.4 Å². The van der Waals surface area contributed by atoms with Crippen molar-refractivity contribution in [2.24, 2.45) is 0 Å². The second-order valence-electron chi connectivity index (χ2n) is 8.06. The summed E-state index contributed by atoms with van der Waals surface area (Å²) in [5.41, 5.74) is 5.56. The molecule has 4 aromatic rings. The van der Waals surface area contributed by atoms with Crippen molar-refractivity contribution < 1.29 is 9.53 Å². The number of aryl methyl sites for hydroxylation is 2. The highest BCUT2D eigenvalue weighted by atomic mass is 16.5. The lowest BCUT2D eigenvalue weighted by Gasteiger charge is -2.12. The van der Waals surface area contributed by atoms with Crippen LogP contribution in [-0.4, -0.2) is 15.9 Å². The number of carbonyl (C=O) groups is 1. The highest BCUT2D eigenvalue weighted by molar-refractivity contribution is 6.02. The Labute approximate surface area is 205 Å². The van der Waals surface area contributed by atoms with Gasteiger partial charge in [-0.25, -0.2) is 9.97 Å². The molecule has 0 saturated heterocycles. The first-order valence-corrected chi connectivity index (χ1v) is 11.5. The molecule has 6 nitrogen and oxygen atoms in total. The summed E-state index contributed by atoms with van der Waals surface area (Å²) in [6, 6.07) is 25.5. The van der Waals surface area contributed by atoms with Gasteiger partial charge in [0.2, 0.25) is 5.91 Å². The third kappa shape index (κ3) is 7.01. The normalized spacial score (nSPS) is 10.8. The summed E-state index contributed by atoms with van der Waals surface area (Å²) in [7, 11) is 0. The lowest BCUT2D eigenvalue weighted by Crippen LogP contribution is -2.10. The number of hydrogen-bond donors (Lipinski definition) is 2. The molecule has 3 aromatic carbocycles. The molecule has 0 saturated carbocycles. The Bertz CT molecular complexity index is 1300. The van der Waals surface area contributed by atoms with Crippen molar-refractivity contribution in [2.75, 3.05) is 10.6 Å². The predicted octanol–water partition coefficient (Wildman–Crippen LogP) is 6.32. The van der Waals surface area contributed by atoms with Crippen LogP contribution in [0.5, 0.6) is 5.75 Å². The number of nitrogens with zero attached hydrogens (tertiary/aromatic N) is 2. The smallest absolute Gasteiger partial charge is 0.248 e. The Morgan fingerprint density at radius 2 is 1.77 bits per heavy atom. The van der Waals surface area contributed by atoms with Crippen molar-refractivity contribution in [2.45, 2.75) is 26.9 Å². The minimum atomic E-state index is -0.195. The number of rotatable bonds is 9. The minimum absolute atomic E-state index is 0.195. The fourth-order valence-corrected chi connectivity index (χ4v) is 3.51. The van der Waals surface area contributed by atoms with Crippen LogP contribution in [0.3, 0.4) is 0 Å². The van der Waals surface area contributed by atoms with E-state index in [2.05, 4.69) is 27.5 Å². The molecule has 176 valence electrons. The van der Waals surface area contributed by atoms with Gasteiger partial charge in [0.05, 0.1) is 0 Å². The fraction of sp³-hybridized carbons (Fsp3) is 0.138. The van der Waals surface area contributed by atoms with Crippen molar-refractivity contribution in [3.8, 4) is 5.75 Å². The van der Waals surface area contributed by atoms with Crippen molar-refractivity contribution in [3.63, 3.8) is 0 Å². The molecule has 0 fully saturated rings. The van der Waals surface area contributed by atoms with Gasteiger partial charge in [0.1, 0.15) is 24.5 Å². The van der Waals surface area contributed by atoms with E-state index in [0.29, 0.717) is 12.4 Å². The number of nitrogens with one attached hydrogen (secondary N) is 2. The van der Waals surface area contributed by atoms with Crippen LogP contribution in [-0.2, 0) is 17.8 Å². The minimum Gasteiger partial charge on any atom is -0.489 e. The van der Waals surface area contributed by atoms with E-state index in [4.69, 9.17) is 4.74 Å². The molecule has 0 aliphatic heterocycles. The average Bonchev–Trinajstić information content (AvgIpc) is 2.88. The molecule has 4 rings (SSSR count). The highest BCUT2D eigenvalue weighted by Crippen LogP contribution is 2.24. The van der Waals surface area contributed by atoms with Crippen LogP contribution in [0.15, 0.2) is 91.3 Å². The van der Waals surface area contributed by atoms with Crippen molar-refractivity contribution in [1.29, 1.82) is 0 Å². The molecule has 0 bridgehead atoms. The van der Waals surface area contributed by atoms with Gasteiger partial charge in [-0.2, -0.15) is 0 Å². The zero-order valence-corrected chi connectivity index (χ0v) is 19.9. The average molecular weight is 465 g/mol. The van der Waals surface area contributed by atoms with E-state index >= 15 is 0 Å². The SMILES string of the molecule is CCc1ccc(Nc2cc(C)ncn2)cc1NC(=O)/C=C/c1ccc(OCc2ccccc2)cc1. The monoisotopic (exact) mass is 464 g/mol. The molecule has 0 radical (unpaired) electrons. The van der Waals surface area contributed by atoms with E-state index in [0.717, 1.165) is 45.9 Å². The summed E-state index contributed by atoms with van der Waals surface area (Å²) < 4.78 is 5.82. The summed E-state index contributed by atoms with van der Waals surface area (Å²) in [4.78, 5) is 21.0. The van der Waals surface area contributed by atoms with Gasteiger partial charge in [-0.1, -0.05) is 55.5 Å². The number of ether oxygens (including phenoxy) is 1. The Morgan fingerprint density at radius 1 is 0.971 bits per heavy atom. The van der Waals surface area contributed by atoms with Crippen molar-refractivity contribution in [1.82, 2.24) is 9.97 Å². The second-order valence-corrected chi connectivity index (χ2v) is 8.06. The van der Waals surface area contributed by atoms with Crippen molar-refractivity contribution >= 4 is 29.2 Å². The standard InChI is InChI=1S/C29H28N4O2/c1-3-24-12-13-25(32-28-17-21(2)30-20-31-28)18-27(24)33-29(34)16-11-22-9-14-26(15-10-22)35-19-23-7-5-4-6-8-23/h4-18,20H,3,19H2,1-2H3,(H,33,34)(H,30,31,32)/b16-11+. The van der Waals surface area contributed by atoms with E-state index in [-0.39, 0.29) is 5.91 Å². The van der Waals surface area contributed by atoms with Gasteiger partial charge in [-0.05, 0) is 60.4 Å². The first-order chi connectivity index (χ1) is 17.1.